The van der Waals surface area contributed by atoms with Crippen LogP contribution in [0.15, 0.2) is 48.5 Å². The number of hydrogen-bond acceptors (Lipinski definition) is 5. The first-order valence-electron chi connectivity index (χ1n) is 8.07. The maximum atomic E-state index is 12.4. The predicted molar refractivity (Wildman–Crippen MR) is 92.2 cm³/mol. The molecule has 0 bridgehead atoms. The fraction of sp³-hybridized carbons (Fsp3) is 0.278. The number of benzene rings is 2. The Kier molecular flexibility index (Phi) is 7.17. The lowest BCUT2D eigenvalue weighted by atomic mass is 10.1. The van der Waals surface area contributed by atoms with Gasteiger partial charge < -0.3 is 9.47 Å². The van der Waals surface area contributed by atoms with Crippen LogP contribution in [0.4, 0.5) is 22.0 Å². The molecule has 11 heteroatoms. The minimum absolute atomic E-state index is 0.0670. The molecule has 0 aliphatic carbocycles. The number of halogens is 5. The average molecular weight is 438 g/mol. The summed E-state index contributed by atoms with van der Waals surface area (Å²) in [6.45, 7) is -0.129. The number of sulfone groups is 1. The molecule has 0 spiro atoms. The van der Waals surface area contributed by atoms with E-state index in [1.54, 1.807) is 0 Å². The van der Waals surface area contributed by atoms with E-state index in [0.717, 1.165) is 6.07 Å². The number of rotatable bonds is 8. The molecule has 158 valence electrons. The second-order valence-electron chi connectivity index (χ2n) is 5.85. The molecule has 0 aromatic heterocycles. The molecule has 0 aliphatic heterocycles. The number of carbonyl (C=O) groups excluding carboxylic acids is 1. The van der Waals surface area contributed by atoms with E-state index >= 15 is 0 Å². The van der Waals surface area contributed by atoms with Crippen LogP contribution in [0.1, 0.15) is 21.5 Å². The minimum atomic E-state index is -4.81. The third-order valence-corrected chi connectivity index (χ3v) is 4.86. The minimum Gasteiger partial charge on any atom is -0.462 e. The van der Waals surface area contributed by atoms with Gasteiger partial charge in [0.05, 0.1) is 17.9 Å². The highest BCUT2D eigenvalue weighted by Gasteiger charge is 2.31. The van der Waals surface area contributed by atoms with Crippen LogP contribution in [0.5, 0.6) is 5.75 Å². The Morgan fingerprint density at radius 1 is 1.00 bits per heavy atom. The summed E-state index contributed by atoms with van der Waals surface area (Å²) in [7, 11) is -4.57. The third-order valence-electron chi connectivity index (χ3n) is 3.58. The normalized spacial score (nSPS) is 12.1. The van der Waals surface area contributed by atoms with E-state index in [1.165, 1.54) is 42.5 Å². The SMILES string of the molecule is O=C(OCCc1cccc(OC(F)(F)F)c1)c1ccc(CS(=O)(=O)C(F)F)cc1. The summed E-state index contributed by atoms with van der Waals surface area (Å²) in [5.41, 5.74) is 0.604. The number of ether oxygens (including phenoxy) is 2. The molecule has 0 saturated heterocycles. The van der Waals surface area contributed by atoms with Crippen molar-refractivity contribution >= 4 is 15.8 Å². The molecule has 2 aromatic carbocycles. The van der Waals surface area contributed by atoms with E-state index in [2.05, 4.69) is 4.74 Å². The van der Waals surface area contributed by atoms with Crippen molar-refractivity contribution in [2.45, 2.75) is 24.3 Å². The molecular formula is C18H15F5O5S. The second kappa shape index (κ2) is 9.21. The van der Waals surface area contributed by atoms with E-state index in [4.69, 9.17) is 4.74 Å². The van der Waals surface area contributed by atoms with Crippen molar-refractivity contribution in [3.8, 4) is 5.75 Å². The Morgan fingerprint density at radius 3 is 2.24 bits per heavy atom. The van der Waals surface area contributed by atoms with Crippen molar-refractivity contribution < 1.29 is 44.6 Å². The lowest BCUT2D eigenvalue weighted by Crippen LogP contribution is -2.17. The lowest BCUT2D eigenvalue weighted by molar-refractivity contribution is -0.274. The van der Waals surface area contributed by atoms with Crippen molar-refractivity contribution in [1.82, 2.24) is 0 Å². The van der Waals surface area contributed by atoms with Gasteiger partial charge in [0, 0.05) is 6.42 Å². The largest absolute Gasteiger partial charge is 0.573 e. The molecule has 0 saturated carbocycles. The molecule has 0 fully saturated rings. The molecule has 0 N–H and O–H groups in total. The van der Waals surface area contributed by atoms with E-state index in [9.17, 15) is 35.2 Å². The zero-order chi connectivity index (χ0) is 21.7. The highest BCUT2D eigenvalue weighted by atomic mass is 32.2. The molecule has 0 radical (unpaired) electrons. The van der Waals surface area contributed by atoms with Gasteiger partial charge in [-0.1, -0.05) is 24.3 Å². The summed E-state index contributed by atoms with van der Waals surface area (Å²) in [6.07, 6.45) is -4.68. The van der Waals surface area contributed by atoms with Crippen LogP contribution >= 0.6 is 0 Å². The van der Waals surface area contributed by atoms with Crippen molar-refractivity contribution in [2.24, 2.45) is 0 Å². The molecule has 0 heterocycles. The van der Waals surface area contributed by atoms with Gasteiger partial charge in [0.25, 0.3) is 0 Å². The first-order valence-corrected chi connectivity index (χ1v) is 9.78. The highest BCUT2D eigenvalue weighted by Crippen LogP contribution is 2.23. The second-order valence-corrected chi connectivity index (χ2v) is 7.82. The lowest BCUT2D eigenvalue weighted by Gasteiger charge is -2.10. The van der Waals surface area contributed by atoms with Crippen LogP contribution in [-0.2, 0) is 26.7 Å². The number of hydrogen-bond donors (Lipinski definition) is 0. The van der Waals surface area contributed by atoms with Gasteiger partial charge >= 0.3 is 18.1 Å². The maximum absolute atomic E-state index is 12.4. The van der Waals surface area contributed by atoms with Crippen molar-refractivity contribution in [3.63, 3.8) is 0 Å². The first kappa shape index (κ1) is 22.6. The summed E-state index contributed by atoms with van der Waals surface area (Å²) in [6, 6.07) is 10.1. The van der Waals surface area contributed by atoms with Gasteiger partial charge in [-0.3, -0.25) is 0 Å². The molecule has 5 nitrogen and oxygen atoms in total. The zero-order valence-corrected chi connectivity index (χ0v) is 15.5. The third kappa shape index (κ3) is 7.33. The average Bonchev–Trinajstić information content (AvgIpc) is 2.60. The van der Waals surface area contributed by atoms with Crippen molar-refractivity contribution in [3.05, 3.63) is 65.2 Å². The quantitative estimate of drug-likeness (QED) is 0.458. The monoisotopic (exact) mass is 438 g/mol. The fourth-order valence-corrected chi connectivity index (χ4v) is 3.06. The van der Waals surface area contributed by atoms with Crippen molar-refractivity contribution in [2.75, 3.05) is 6.61 Å². The summed E-state index contributed by atoms with van der Waals surface area (Å²) in [5, 5.41) is 0. The fourth-order valence-electron chi connectivity index (χ4n) is 2.28. The summed E-state index contributed by atoms with van der Waals surface area (Å²) < 4.78 is 92.6. The highest BCUT2D eigenvalue weighted by molar-refractivity contribution is 7.90. The summed E-state index contributed by atoms with van der Waals surface area (Å²) >= 11 is 0. The molecule has 29 heavy (non-hydrogen) atoms. The number of alkyl halides is 5. The first-order chi connectivity index (χ1) is 13.5. The Balaban J connectivity index is 1.89. The Hall–Kier alpha value is -2.69. The van der Waals surface area contributed by atoms with Gasteiger partial charge in [-0.2, -0.15) is 8.78 Å². The van der Waals surface area contributed by atoms with Crippen molar-refractivity contribution in [1.29, 1.82) is 0 Å². The van der Waals surface area contributed by atoms with Gasteiger partial charge in [-0.05, 0) is 35.4 Å². The van der Waals surface area contributed by atoms with Crippen LogP contribution in [0, 0.1) is 0 Å². The van der Waals surface area contributed by atoms with Crippen LogP contribution in [0.2, 0.25) is 0 Å². The van der Waals surface area contributed by atoms with Gasteiger partial charge in [0.2, 0.25) is 9.84 Å². The molecule has 0 atom stereocenters. The van der Waals surface area contributed by atoms with Crippen LogP contribution in [0.3, 0.4) is 0 Å². The smallest absolute Gasteiger partial charge is 0.462 e. The number of carbonyl (C=O) groups is 1. The van der Waals surface area contributed by atoms with Gasteiger partial charge in [0.15, 0.2) is 0 Å². The molecule has 2 rings (SSSR count). The summed E-state index contributed by atoms with van der Waals surface area (Å²) in [5.74, 6) is -5.50. The predicted octanol–water partition coefficient (Wildman–Crippen LogP) is 4.12. The Labute approximate surface area is 163 Å². The Bertz CT molecular complexity index is 940. The van der Waals surface area contributed by atoms with Crippen LogP contribution in [-0.4, -0.2) is 33.1 Å². The topological polar surface area (TPSA) is 69.7 Å². The van der Waals surface area contributed by atoms with E-state index in [0.29, 0.717) is 5.56 Å². The van der Waals surface area contributed by atoms with Gasteiger partial charge in [0.1, 0.15) is 5.75 Å². The van der Waals surface area contributed by atoms with E-state index in [1.807, 2.05) is 0 Å². The standard InChI is InChI=1S/C18H15F5O5S/c19-17(20)29(25,26)11-13-4-6-14(7-5-13)16(24)27-9-8-12-2-1-3-15(10-12)28-18(21,22)23/h1-7,10,17H,8-9,11H2. The zero-order valence-electron chi connectivity index (χ0n) is 14.7. The number of esters is 1. The summed E-state index contributed by atoms with van der Waals surface area (Å²) in [4.78, 5) is 12.0. The van der Waals surface area contributed by atoms with Crippen LogP contribution in [0.25, 0.3) is 0 Å². The van der Waals surface area contributed by atoms with Gasteiger partial charge in [-0.25, -0.2) is 13.2 Å². The molecule has 0 unspecified atom stereocenters. The van der Waals surface area contributed by atoms with E-state index in [-0.39, 0.29) is 24.2 Å². The van der Waals surface area contributed by atoms with E-state index < -0.39 is 39.4 Å². The van der Waals surface area contributed by atoms with Gasteiger partial charge in [-0.15, -0.1) is 13.2 Å². The molecule has 0 aliphatic rings. The molecule has 0 amide bonds. The molecule has 2 aromatic rings. The molecular weight excluding hydrogens is 423 g/mol. The Morgan fingerprint density at radius 2 is 1.66 bits per heavy atom. The maximum Gasteiger partial charge on any atom is 0.573 e. The van der Waals surface area contributed by atoms with Crippen LogP contribution < -0.4 is 4.74 Å².